The zero-order chi connectivity index (χ0) is 9.36. The lowest BCUT2D eigenvalue weighted by molar-refractivity contribution is 0.0694. The summed E-state index contributed by atoms with van der Waals surface area (Å²) in [4.78, 5) is 0. The third-order valence-electron chi connectivity index (χ3n) is 1.51. The smallest absolute Gasteiger partial charge is 0.174 e. The van der Waals surface area contributed by atoms with Gasteiger partial charge < -0.3 is 9.47 Å². The van der Waals surface area contributed by atoms with Gasteiger partial charge in [-0.25, -0.2) is 0 Å². The number of aromatic amines is 1. The SMILES string of the molecule is COCCOCCCc1nn[nH]n1. The van der Waals surface area contributed by atoms with Gasteiger partial charge in [0.1, 0.15) is 0 Å². The van der Waals surface area contributed by atoms with Gasteiger partial charge in [0.15, 0.2) is 5.82 Å². The summed E-state index contributed by atoms with van der Waals surface area (Å²) in [6.07, 6.45) is 1.70. The van der Waals surface area contributed by atoms with E-state index in [2.05, 4.69) is 20.6 Å². The van der Waals surface area contributed by atoms with Crippen LogP contribution in [0, 0.1) is 0 Å². The zero-order valence-electron chi connectivity index (χ0n) is 7.69. The van der Waals surface area contributed by atoms with Gasteiger partial charge >= 0.3 is 0 Å². The lowest BCUT2D eigenvalue weighted by atomic mass is 10.3. The van der Waals surface area contributed by atoms with Crippen LogP contribution in [-0.2, 0) is 15.9 Å². The Bertz CT molecular complexity index is 202. The van der Waals surface area contributed by atoms with Crippen molar-refractivity contribution >= 4 is 0 Å². The van der Waals surface area contributed by atoms with Crippen molar-refractivity contribution in [1.82, 2.24) is 20.6 Å². The van der Waals surface area contributed by atoms with E-state index >= 15 is 0 Å². The average molecular weight is 186 g/mol. The molecule has 0 aromatic carbocycles. The zero-order valence-corrected chi connectivity index (χ0v) is 7.69. The van der Waals surface area contributed by atoms with Crippen LogP contribution in [0.4, 0.5) is 0 Å². The topological polar surface area (TPSA) is 72.9 Å². The van der Waals surface area contributed by atoms with Gasteiger partial charge in [0.2, 0.25) is 0 Å². The minimum Gasteiger partial charge on any atom is -0.382 e. The molecule has 0 bridgehead atoms. The Balaban J connectivity index is 1.90. The molecular weight excluding hydrogens is 172 g/mol. The summed E-state index contributed by atoms with van der Waals surface area (Å²) in [5.74, 6) is 0.732. The van der Waals surface area contributed by atoms with Gasteiger partial charge in [0, 0.05) is 20.1 Å². The third kappa shape index (κ3) is 4.54. The van der Waals surface area contributed by atoms with Crippen LogP contribution in [-0.4, -0.2) is 47.6 Å². The van der Waals surface area contributed by atoms with E-state index < -0.39 is 0 Å². The summed E-state index contributed by atoms with van der Waals surface area (Å²) < 4.78 is 10.1. The predicted molar refractivity (Wildman–Crippen MR) is 45.2 cm³/mol. The normalized spacial score (nSPS) is 10.5. The van der Waals surface area contributed by atoms with E-state index in [-0.39, 0.29) is 0 Å². The molecule has 1 N–H and O–H groups in total. The summed E-state index contributed by atoms with van der Waals surface area (Å²) >= 11 is 0. The molecule has 1 aromatic rings. The van der Waals surface area contributed by atoms with Gasteiger partial charge in [-0.15, -0.1) is 10.2 Å². The quantitative estimate of drug-likeness (QED) is 0.597. The molecule has 6 heteroatoms. The maximum atomic E-state index is 5.26. The average Bonchev–Trinajstić information content (AvgIpc) is 2.63. The van der Waals surface area contributed by atoms with Gasteiger partial charge in [-0.1, -0.05) is 5.21 Å². The molecule has 0 aliphatic heterocycles. The van der Waals surface area contributed by atoms with Crippen LogP contribution < -0.4 is 0 Å². The first-order valence-electron chi connectivity index (χ1n) is 4.22. The first-order valence-corrected chi connectivity index (χ1v) is 4.22. The highest BCUT2D eigenvalue weighted by molar-refractivity contribution is 4.74. The van der Waals surface area contributed by atoms with Crippen LogP contribution in [0.3, 0.4) is 0 Å². The van der Waals surface area contributed by atoms with Crippen molar-refractivity contribution in [3.8, 4) is 0 Å². The highest BCUT2D eigenvalue weighted by atomic mass is 16.5. The Morgan fingerprint density at radius 2 is 2.23 bits per heavy atom. The number of tetrazole rings is 1. The minimum absolute atomic E-state index is 0.641. The van der Waals surface area contributed by atoms with Crippen LogP contribution in [0.25, 0.3) is 0 Å². The number of nitrogens with zero attached hydrogens (tertiary/aromatic N) is 3. The van der Waals surface area contributed by atoms with Crippen LogP contribution >= 0.6 is 0 Å². The molecule has 0 spiro atoms. The molecule has 0 saturated carbocycles. The molecule has 74 valence electrons. The van der Waals surface area contributed by atoms with E-state index in [9.17, 15) is 0 Å². The summed E-state index contributed by atoms with van der Waals surface area (Å²) in [6, 6.07) is 0. The van der Waals surface area contributed by atoms with Crippen LogP contribution in [0.15, 0.2) is 0 Å². The standard InChI is InChI=1S/C7H14N4O2/c1-12-5-6-13-4-2-3-7-8-10-11-9-7/h2-6H2,1H3,(H,8,9,10,11). The summed E-state index contributed by atoms with van der Waals surface area (Å²) in [7, 11) is 1.66. The highest BCUT2D eigenvalue weighted by Crippen LogP contribution is 1.92. The molecule has 0 aliphatic rings. The summed E-state index contributed by atoms with van der Waals surface area (Å²) in [5.41, 5.74) is 0. The Morgan fingerprint density at radius 3 is 2.92 bits per heavy atom. The number of nitrogens with one attached hydrogen (secondary N) is 1. The number of hydrogen-bond donors (Lipinski definition) is 1. The predicted octanol–water partition coefficient (Wildman–Crippen LogP) is -0.205. The first-order chi connectivity index (χ1) is 6.43. The molecule has 0 aliphatic carbocycles. The second-order valence-corrected chi connectivity index (χ2v) is 2.54. The Hall–Kier alpha value is -1.01. The van der Waals surface area contributed by atoms with Crippen molar-refractivity contribution < 1.29 is 9.47 Å². The number of aromatic nitrogens is 4. The summed E-state index contributed by atoms with van der Waals surface area (Å²) in [5, 5.41) is 13.5. The maximum Gasteiger partial charge on any atom is 0.174 e. The molecule has 0 fully saturated rings. The van der Waals surface area contributed by atoms with E-state index in [1.165, 1.54) is 0 Å². The molecule has 0 radical (unpaired) electrons. The molecule has 0 saturated heterocycles. The molecular formula is C7H14N4O2. The molecule has 1 rings (SSSR count). The Labute approximate surface area is 76.6 Å². The molecule has 1 heterocycles. The summed E-state index contributed by atoms with van der Waals surface area (Å²) in [6.45, 7) is 1.99. The second-order valence-electron chi connectivity index (χ2n) is 2.54. The lowest BCUT2D eigenvalue weighted by Gasteiger charge is -2.00. The van der Waals surface area contributed by atoms with Crippen LogP contribution in [0.5, 0.6) is 0 Å². The monoisotopic (exact) mass is 186 g/mol. The molecule has 13 heavy (non-hydrogen) atoms. The Kier molecular flexibility index (Phi) is 5.04. The molecule has 0 amide bonds. The van der Waals surface area contributed by atoms with Gasteiger partial charge in [-0.2, -0.15) is 5.21 Å². The van der Waals surface area contributed by atoms with E-state index in [0.717, 1.165) is 18.7 Å². The molecule has 0 atom stereocenters. The maximum absolute atomic E-state index is 5.26. The first kappa shape index (κ1) is 10.1. The van der Waals surface area contributed by atoms with Crippen molar-refractivity contribution in [1.29, 1.82) is 0 Å². The minimum atomic E-state index is 0.641. The van der Waals surface area contributed by atoms with E-state index in [0.29, 0.717) is 19.8 Å². The number of hydrogen-bond acceptors (Lipinski definition) is 5. The van der Waals surface area contributed by atoms with Crippen molar-refractivity contribution in [2.24, 2.45) is 0 Å². The van der Waals surface area contributed by atoms with Crippen molar-refractivity contribution in [2.75, 3.05) is 26.9 Å². The largest absolute Gasteiger partial charge is 0.382 e. The van der Waals surface area contributed by atoms with E-state index in [1.54, 1.807) is 7.11 Å². The van der Waals surface area contributed by atoms with Gasteiger partial charge in [-0.3, -0.25) is 0 Å². The van der Waals surface area contributed by atoms with E-state index in [1.807, 2.05) is 0 Å². The fourth-order valence-corrected chi connectivity index (χ4v) is 0.865. The van der Waals surface area contributed by atoms with E-state index in [4.69, 9.17) is 9.47 Å². The number of H-pyrrole nitrogens is 1. The fourth-order valence-electron chi connectivity index (χ4n) is 0.865. The van der Waals surface area contributed by atoms with Gasteiger partial charge in [-0.05, 0) is 6.42 Å². The molecule has 6 nitrogen and oxygen atoms in total. The Morgan fingerprint density at radius 1 is 1.31 bits per heavy atom. The van der Waals surface area contributed by atoms with Crippen molar-refractivity contribution in [3.63, 3.8) is 0 Å². The number of rotatable bonds is 7. The molecule has 1 aromatic heterocycles. The lowest BCUT2D eigenvalue weighted by Crippen LogP contribution is -2.04. The number of methoxy groups -OCH3 is 1. The van der Waals surface area contributed by atoms with Gasteiger partial charge in [0.25, 0.3) is 0 Å². The third-order valence-corrected chi connectivity index (χ3v) is 1.51. The fraction of sp³-hybridized carbons (Fsp3) is 0.857. The van der Waals surface area contributed by atoms with Crippen LogP contribution in [0.2, 0.25) is 0 Å². The highest BCUT2D eigenvalue weighted by Gasteiger charge is 1.96. The van der Waals surface area contributed by atoms with Gasteiger partial charge in [0.05, 0.1) is 13.2 Å². The second kappa shape index (κ2) is 6.50. The van der Waals surface area contributed by atoms with Crippen LogP contribution in [0.1, 0.15) is 12.2 Å². The van der Waals surface area contributed by atoms with Crippen molar-refractivity contribution in [2.45, 2.75) is 12.8 Å². The van der Waals surface area contributed by atoms with Crippen molar-refractivity contribution in [3.05, 3.63) is 5.82 Å². The molecule has 0 unspecified atom stereocenters. The number of aryl methyl sites for hydroxylation is 1. The number of ether oxygens (including phenoxy) is 2.